The SMILES string of the molecule is CCCCCCCN[C@@H]1[C@@H](OCCCCCCC)[C@@H](OCc2ccccc2)C[C@H]1OCc1ccccc1. The highest BCUT2D eigenvalue weighted by Gasteiger charge is 2.45. The van der Waals surface area contributed by atoms with Crippen molar-refractivity contribution >= 4 is 0 Å². The molecule has 2 aromatic carbocycles. The zero-order valence-corrected chi connectivity index (χ0v) is 23.4. The Hall–Kier alpha value is -1.72. The minimum absolute atomic E-state index is 0.00584. The van der Waals surface area contributed by atoms with Crippen molar-refractivity contribution in [1.29, 1.82) is 0 Å². The second-order valence-corrected chi connectivity index (χ2v) is 10.5. The molecule has 1 fully saturated rings. The van der Waals surface area contributed by atoms with Crippen LogP contribution < -0.4 is 5.32 Å². The van der Waals surface area contributed by atoms with E-state index in [-0.39, 0.29) is 24.4 Å². The molecule has 1 aliphatic carbocycles. The van der Waals surface area contributed by atoms with E-state index in [2.05, 4.69) is 79.8 Å². The zero-order valence-electron chi connectivity index (χ0n) is 23.4. The third-order valence-electron chi connectivity index (χ3n) is 7.42. The van der Waals surface area contributed by atoms with E-state index in [1.165, 1.54) is 68.9 Å². The van der Waals surface area contributed by atoms with Gasteiger partial charge in [0.1, 0.15) is 6.10 Å². The number of rotatable bonds is 20. The van der Waals surface area contributed by atoms with Gasteiger partial charge in [-0.1, -0.05) is 126 Å². The van der Waals surface area contributed by atoms with Crippen LogP contribution in [-0.2, 0) is 27.4 Å². The fraction of sp³-hybridized carbons (Fsp3) is 0.636. The number of hydrogen-bond donors (Lipinski definition) is 1. The molecule has 2 aromatic rings. The molecule has 0 saturated heterocycles. The number of unbranched alkanes of at least 4 members (excludes halogenated alkanes) is 8. The molecule has 206 valence electrons. The van der Waals surface area contributed by atoms with E-state index >= 15 is 0 Å². The molecule has 0 unspecified atom stereocenters. The fourth-order valence-corrected chi connectivity index (χ4v) is 5.22. The van der Waals surface area contributed by atoms with Crippen LogP contribution in [-0.4, -0.2) is 37.5 Å². The van der Waals surface area contributed by atoms with Crippen molar-refractivity contribution in [3.8, 4) is 0 Å². The second kappa shape index (κ2) is 18.5. The largest absolute Gasteiger partial charge is 0.374 e. The topological polar surface area (TPSA) is 39.7 Å². The smallest absolute Gasteiger partial charge is 0.102 e. The summed E-state index contributed by atoms with van der Waals surface area (Å²) < 4.78 is 19.7. The summed E-state index contributed by atoms with van der Waals surface area (Å²) in [6.45, 7) is 7.55. The van der Waals surface area contributed by atoms with Crippen molar-refractivity contribution in [2.24, 2.45) is 0 Å². The van der Waals surface area contributed by atoms with Crippen LogP contribution in [0.2, 0.25) is 0 Å². The molecule has 4 nitrogen and oxygen atoms in total. The first-order chi connectivity index (χ1) is 18.3. The third-order valence-corrected chi connectivity index (χ3v) is 7.42. The molecule has 0 amide bonds. The van der Waals surface area contributed by atoms with Gasteiger partial charge in [0.15, 0.2) is 0 Å². The van der Waals surface area contributed by atoms with Crippen LogP contribution >= 0.6 is 0 Å². The lowest BCUT2D eigenvalue weighted by Gasteiger charge is -2.28. The highest BCUT2D eigenvalue weighted by Crippen LogP contribution is 2.30. The molecule has 4 heteroatoms. The van der Waals surface area contributed by atoms with E-state index < -0.39 is 0 Å². The first kappa shape index (κ1) is 29.8. The molecule has 1 saturated carbocycles. The summed E-state index contributed by atoms with van der Waals surface area (Å²) in [5.41, 5.74) is 2.41. The van der Waals surface area contributed by atoms with Gasteiger partial charge < -0.3 is 19.5 Å². The Morgan fingerprint density at radius 1 is 0.622 bits per heavy atom. The zero-order chi connectivity index (χ0) is 26.0. The Bertz CT molecular complexity index is 732. The van der Waals surface area contributed by atoms with Crippen LogP contribution in [0.3, 0.4) is 0 Å². The molecule has 1 aliphatic rings. The molecule has 3 rings (SSSR count). The predicted molar refractivity (Wildman–Crippen MR) is 154 cm³/mol. The number of benzene rings is 2. The molecule has 0 bridgehead atoms. The van der Waals surface area contributed by atoms with Gasteiger partial charge in [0.2, 0.25) is 0 Å². The predicted octanol–water partition coefficient (Wildman–Crippen LogP) is 7.85. The standard InChI is InChI=1S/C33H51NO3/c1-3-5-7-9-17-23-34-32-30(36-26-28-19-13-11-14-20-28)25-31(37-27-29-21-15-12-16-22-29)33(32)35-24-18-10-8-6-4-2/h11-16,19-22,30-34H,3-10,17-18,23-27H2,1-2H3/t30-,31+,32+,33+/m1/s1. The van der Waals surface area contributed by atoms with Crippen LogP contribution in [0.25, 0.3) is 0 Å². The molecule has 1 N–H and O–H groups in total. The molecule has 0 aromatic heterocycles. The monoisotopic (exact) mass is 509 g/mol. The fourth-order valence-electron chi connectivity index (χ4n) is 5.22. The first-order valence-electron chi connectivity index (χ1n) is 15.0. The number of hydrogen-bond acceptors (Lipinski definition) is 4. The van der Waals surface area contributed by atoms with Crippen LogP contribution in [0.5, 0.6) is 0 Å². The van der Waals surface area contributed by atoms with Gasteiger partial charge in [0.05, 0.1) is 31.5 Å². The van der Waals surface area contributed by atoms with Crippen molar-refractivity contribution < 1.29 is 14.2 Å². The summed E-state index contributed by atoms with van der Waals surface area (Å²) in [5.74, 6) is 0. The van der Waals surface area contributed by atoms with Gasteiger partial charge in [-0.3, -0.25) is 0 Å². The average molecular weight is 510 g/mol. The summed E-state index contributed by atoms with van der Waals surface area (Å²) in [5, 5.41) is 3.85. The van der Waals surface area contributed by atoms with Crippen molar-refractivity contribution in [3.05, 3.63) is 71.8 Å². The quantitative estimate of drug-likeness (QED) is 0.185. The van der Waals surface area contributed by atoms with Gasteiger partial charge in [-0.15, -0.1) is 0 Å². The molecule has 0 aliphatic heterocycles. The maximum atomic E-state index is 6.61. The van der Waals surface area contributed by atoms with Gasteiger partial charge >= 0.3 is 0 Å². The number of nitrogens with one attached hydrogen (secondary N) is 1. The summed E-state index contributed by atoms with van der Waals surface area (Å²) in [4.78, 5) is 0. The van der Waals surface area contributed by atoms with E-state index in [1.807, 2.05) is 0 Å². The van der Waals surface area contributed by atoms with Crippen LogP contribution in [0, 0.1) is 0 Å². The van der Waals surface area contributed by atoms with E-state index in [0.717, 1.165) is 26.0 Å². The van der Waals surface area contributed by atoms with Crippen LogP contribution in [0.15, 0.2) is 60.7 Å². The molecule has 4 atom stereocenters. The van der Waals surface area contributed by atoms with Crippen LogP contribution in [0.1, 0.15) is 95.6 Å². The van der Waals surface area contributed by atoms with Crippen molar-refractivity contribution in [3.63, 3.8) is 0 Å². The Morgan fingerprint density at radius 3 is 1.76 bits per heavy atom. The lowest BCUT2D eigenvalue weighted by atomic mass is 10.1. The summed E-state index contributed by atoms with van der Waals surface area (Å²) >= 11 is 0. The molecule has 0 spiro atoms. The average Bonchev–Trinajstić information content (AvgIpc) is 3.27. The molecule has 37 heavy (non-hydrogen) atoms. The van der Waals surface area contributed by atoms with E-state index in [1.54, 1.807) is 0 Å². The second-order valence-electron chi connectivity index (χ2n) is 10.5. The van der Waals surface area contributed by atoms with Gasteiger partial charge in [-0.25, -0.2) is 0 Å². The van der Waals surface area contributed by atoms with Crippen molar-refractivity contribution in [1.82, 2.24) is 5.32 Å². The van der Waals surface area contributed by atoms with Crippen LogP contribution in [0.4, 0.5) is 0 Å². The Balaban J connectivity index is 1.63. The maximum Gasteiger partial charge on any atom is 0.102 e. The van der Waals surface area contributed by atoms with Gasteiger partial charge in [-0.2, -0.15) is 0 Å². The minimum atomic E-state index is 0.00584. The molecular weight excluding hydrogens is 458 g/mol. The molecule has 0 heterocycles. The Morgan fingerprint density at radius 2 is 1.16 bits per heavy atom. The van der Waals surface area contributed by atoms with Gasteiger partial charge in [-0.05, 0) is 30.5 Å². The maximum absolute atomic E-state index is 6.61. The van der Waals surface area contributed by atoms with Crippen molar-refractivity contribution in [2.45, 2.75) is 122 Å². The van der Waals surface area contributed by atoms with Crippen molar-refractivity contribution in [2.75, 3.05) is 13.2 Å². The normalized spacial score (nSPS) is 21.5. The first-order valence-corrected chi connectivity index (χ1v) is 15.0. The number of ether oxygens (including phenoxy) is 3. The molecular formula is C33H51NO3. The Labute approximate surface area is 226 Å². The highest BCUT2D eigenvalue weighted by molar-refractivity contribution is 5.15. The van der Waals surface area contributed by atoms with Gasteiger partial charge in [0, 0.05) is 13.0 Å². The summed E-state index contributed by atoms with van der Waals surface area (Å²) in [7, 11) is 0. The van der Waals surface area contributed by atoms with Gasteiger partial charge in [0.25, 0.3) is 0 Å². The lowest BCUT2D eigenvalue weighted by Crippen LogP contribution is -2.47. The van der Waals surface area contributed by atoms with E-state index in [4.69, 9.17) is 14.2 Å². The van der Waals surface area contributed by atoms with E-state index in [0.29, 0.717) is 13.2 Å². The molecule has 0 radical (unpaired) electrons. The van der Waals surface area contributed by atoms with E-state index in [9.17, 15) is 0 Å². The third kappa shape index (κ3) is 11.3. The highest BCUT2D eigenvalue weighted by atomic mass is 16.6. The lowest BCUT2D eigenvalue weighted by molar-refractivity contribution is -0.0723. The Kier molecular flexibility index (Phi) is 14.9. The minimum Gasteiger partial charge on any atom is -0.374 e. The summed E-state index contributed by atoms with van der Waals surface area (Å²) in [6.07, 6.45) is 13.6. The summed E-state index contributed by atoms with van der Waals surface area (Å²) in [6, 6.07) is 21.1.